The molecule has 2 aliphatic heterocycles. The van der Waals surface area contributed by atoms with Crippen LogP contribution < -0.4 is 10.1 Å². The van der Waals surface area contributed by atoms with Crippen molar-refractivity contribution in [3.05, 3.63) is 35.4 Å². The summed E-state index contributed by atoms with van der Waals surface area (Å²) >= 11 is 0. The zero-order valence-electron chi connectivity index (χ0n) is 11.8. The van der Waals surface area contributed by atoms with Crippen LogP contribution in [0.1, 0.15) is 28.8 Å². The number of hydrogen-bond donors (Lipinski definition) is 1. The molecule has 5 nitrogen and oxygen atoms in total. The maximum Gasteiger partial charge on any atom is 0.330 e. The number of methoxy groups -OCH3 is 1. The van der Waals surface area contributed by atoms with E-state index >= 15 is 0 Å². The zero-order valence-corrected chi connectivity index (χ0v) is 11.8. The third-order valence-corrected chi connectivity index (χ3v) is 3.93. The third kappa shape index (κ3) is 2.69. The highest BCUT2D eigenvalue weighted by Crippen LogP contribution is 2.37. The van der Waals surface area contributed by atoms with Gasteiger partial charge < -0.3 is 14.8 Å². The number of benzene rings is 1. The summed E-state index contributed by atoms with van der Waals surface area (Å²) in [5, 5.41) is 3.24. The molecule has 1 unspecified atom stereocenters. The van der Waals surface area contributed by atoms with E-state index < -0.39 is 5.97 Å². The van der Waals surface area contributed by atoms with Gasteiger partial charge in [-0.25, -0.2) is 4.79 Å². The van der Waals surface area contributed by atoms with Crippen molar-refractivity contribution >= 4 is 17.8 Å². The predicted octanol–water partition coefficient (Wildman–Crippen LogP) is 1.57. The van der Waals surface area contributed by atoms with E-state index in [4.69, 9.17) is 4.74 Å². The van der Waals surface area contributed by atoms with Crippen molar-refractivity contribution in [3.8, 4) is 5.75 Å². The van der Waals surface area contributed by atoms with E-state index in [2.05, 4.69) is 10.1 Å². The fourth-order valence-electron chi connectivity index (χ4n) is 2.81. The molecular weight excluding hydrogens is 270 g/mol. The molecule has 1 fully saturated rings. The number of fused-ring (bicyclic) bond motifs is 1. The number of hydrogen-bond acceptors (Lipinski definition) is 5. The molecule has 1 saturated heterocycles. The smallest absolute Gasteiger partial charge is 0.330 e. The number of Topliss-reactive ketones (excluding diaryl/α,β-unsaturated/α-hetero) is 1. The second kappa shape index (κ2) is 5.33. The van der Waals surface area contributed by atoms with Crippen LogP contribution in [-0.4, -0.2) is 37.6 Å². The Balaban J connectivity index is 1.87. The molecule has 21 heavy (non-hydrogen) atoms. The lowest BCUT2D eigenvalue weighted by molar-refractivity contribution is -0.134. The van der Waals surface area contributed by atoms with Gasteiger partial charge in [-0.15, -0.1) is 0 Å². The number of carbonyl (C=O) groups is 2. The van der Waals surface area contributed by atoms with Crippen LogP contribution in [0, 0.1) is 0 Å². The molecular formula is C16H17NO4. The molecule has 1 N–H and O–H groups in total. The molecule has 0 aliphatic carbocycles. The highest BCUT2D eigenvalue weighted by atomic mass is 16.5. The number of ketones is 1. The fraction of sp³-hybridized carbons (Fsp3) is 0.375. The molecule has 0 amide bonds. The van der Waals surface area contributed by atoms with Crippen molar-refractivity contribution in [2.24, 2.45) is 0 Å². The van der Waals surface area contributed by atoms with Gasteiger partial charge >= 0.3 is 5.97 Å². The number of carbonyl (C=O) groups excluding carboxylic acids is 2. The Hall–Kier alpha value is -2.14. The summed E-state index contributed by atoms with van der Waals surface area (Å²) in [5.74, 6) is 0.296. The molecule has 3 rings (SSSR count). The van der Waals surface area contributed by atoms with Crippen LogP contribution in [0.5, 0.6) is 5.75 Å². The number of rotatable bonds is 2. The molecule has 1 atom stereocenters. The normalized spacial score (nSPS) is 24.1. The first-order chi connectivity index (χ1) is 10.1. The minimum Gasteiger partial charge on any atom is -0.485 e. The topological polar surface area (TPSA) is 64.6 Å². The van der Waals surface area contributed by atoms with Crippen LogP contribution in [-0.2, 0) is 9.53 Å². The monoisotopic (exact) mass is 287 g/mol. The molecule has 0 aromatic heterocycles. The van der Waals surface area contributed by atoms with Crippen LogP contribution in [0.15, 0.2) is 24.3 Å². The minimum atomic E-state index is -0.425. The van der Waals surface area contributed by atoms with Gasteiger partial charge in [0.2, 0.25) is 0 Å². The van der Waals surface area contributed by atoms with E-state index in [0.29, 0.717) is 24.3 Å². The minimum absolute atomic E-state index is 0.0910. The molecule has 0 saturated carbocycles. The van der Waals surface area contributed by atoms with E-state index in [0.717, 1.165) is 18.5 Å². The number of ether oxygens (including phenoxy) is 2. The van der Waals surface area contributed by atoms with E-state index in [1.165, 1.54) is 13.2 Å². The van der Waals surface area contributed by atoms with Crippen molar-refractivity contribution in [3.63, 3.8) is 0 Å². The van der Waals surface area contributed by atoms with Gasteiger partial charge in [-0.2, -0.15) is 0 Å². The van der Waals surface area contributed by atoms with Crippen molar-refractivity contribution in [1.29, 1.82) is 0 Å². The molecule has 110 valence electrons. The average Bonchev–Trinajstić information content (AvgIpc) is 2.92. The van der Waals surface area contributed by atoms with Gasteiger partial charge in [0.15, 0.2) is 5.78 Å². The first-order valence-corrected chi connectivity index (χ1v) is 6.95. The van der Waals surface area contributed by atoms with Crippen molar-refractivity contribution in [2.45, 2.75) is 18.4 Å². The summed E-state index contributed by atoms with van der Waals surface area (Å²) in [7, 11) is 1.33. The van der Waals surface area contributed by atoms with Crippen LogP contribution in [0.2, 0.25) is 0 Å². The lowest BCUT2D eigenvalue weighted by Gasteiger charge is -2.34. The van der Waals surface area contributed by atoms with Gasteiger partial charge in [-0.05, 0) is 30.3 Å². The van der Waals surface area contributed by atoms with Gasteiger partial charge in [0.25, 0.3) is 0 Å². The second-order valence-electron chi connectivity index (χ2n) is 5.42. The van der Waals surface area contributed by atoms with Gasteiger partial charge in [0.1, 0.15) is 11.4 Å². The maximum atomic E-state index is 12.4. The van der Waals surface area contributed by atoms with Gasteiger partial charge in [0.05, 0.1) is 19.1 Å². The quantitative estimate of drug-likeness (QED) is 0.661. The van der Waals surface area contributed by atoms with Gasteiger partial charge in [0, 0.05) is 19.0 Å². The SMILES string of the molecule is COC(=O)C=Cc1ccc2c(c1)C(=O)CC1(CCNC1)O2. The Labute approximate surface area is 122 Å². The predicted molar refractivity (Wildman–Crippen MR) is 77.3 cm³/mol. The van der Waals surface area contributed by atoms with Gasteiger partial charge in [-0.3, -0.25) is 4.79 Å². The molecule has 0 radical (unpaired) electrons. The van der Waals surface area contributed by atoms with E-state index in [1.54, 1.807) is 18.2 Å². The Bertz CT molecular complexity index is 615. The number of esters is 1. The third-order valence-electron chi connectivity index (χ3n) is 3.93. The summed E-state index contributed by atoms with van der Waals surface area (Å²) in [4.78, 5) is 23.5. The van der Waals surface area contributed by atoms with Crippen LogP contribution in [0.4, 0.5) is 0 Å². The summed E-state index contributed by atoms with van der Waals surface area (Å²) in [5.41, 5.74) is 0.976. The maximum absolute atomic E-state index is 12.4. The van der Waals surface area contributed by atoms with E-state index in [1.807, 2.05) is 6.07 Å². The van der Waals surface area contributed by atoms with Crippen molar-refractivity contribution in [1.82, 2.24) is 5.32 Å². The molecule has 1 aromatic rings. The van der Waals surface area contributed by atoms with Gasteiger partial charge in [-0.1, -0.05) is 6.07 Å². The summed E-state index contributed by atoms with van der Waals surface area (Å²) in [6.07, 6.45) is 4.21. The summed E-state index contributed by atoms with van der Waals surface area (Å²) < 4.78 is 10.6. The molecule has 5 heteroatoms. The summed E-state index contributed by atoms with van der Waals surface area (Å²) in [6, 6.07) is 5.38. The highest BCUT2D eigenvalue weighted by Gasteiger charge is 2.42. The van der Waals surface area contributed by atoms with Crippen LogP contribution in [0.25, 0.3) is 6.08 Å². The molecule has 2 heterocycles. The first kappa shape index (κ1) is 13.8. The molecule has 2 aliphatic rings. The molecule has 1 aromatic carbocycles. The van der Waals surface area contributed by atoms with Crippen LogP contribution >= 0.6 is 0 Å². The summed E-state index contributed by atoms with van der Waals surface area (Å²) in [6.45, 7) is 1.59. The van der Waals surface area contributed by atoms with Crippen molar-refractivity contribution < 1.29 is 19.1 Å². The lowest BCUT2D eigenvalue weighted by Crippen LogP contribution is -2.43. The average molecular weight is 287 g/mol. The second-order valence-corrected chi connectivity index (χ2v) is 5.42. The standard InChI is InChI=1S/C16H17NO4/c1-20-15(19)5-3-11-2-4-14-12(8-11)13(18)9-16(21-14)6-7-17-10-16/h2-5,8,17H,6-7,9-10H2,1H3. The Morgan fingerprint density at radius 2 is 2.33 bits per heavy atom. The van der Waals surface area contributed by atoms with E-state index in [-0.39, 0.29) is 11.4 Å². The fourth-order valence-corrected chi connectivity index (χ4v) is 2.81. The Kier molecular flexibility index (Phi) is 3.51. The Morgan fingerprint density at radius 3 is 3.05 bits per heavy atom. The molecule has 0 bridgehead atoms. The van der Waals surface area contributed by atoms with Crippen molar-refractivity contribution in [2.75, 3.05) is 20.2 Å². The molecule has 1 spiro atoms. The lowest BCUT2D eigenvalue weighted by atomic mass is 9.88. The highest BCUT2D eigenvalue weighted by molar-refractivity contribution is 6.01. The first-order valence-electron chi connectivity index (χ1n) is 6.95. The zero-order chi connectivity index (χ0) is 14.9. The van der Waals surface area contributed by atoms with Crippen LogP contribution in [0.3, 0.4) is 0 Å². The number of nitrogens with one attached hydrogen (secondary N) is 1. The largest absolute Gasteiger partial charge is 0.485 e. The Morgan fingerprint density at radius 1 is 1.48 bits per heavy atom. The van der Waals surface area contributed by atoms with E-state index in [9.17, 15) is 9.59 Å².